The third-order valence-corrected chi connectivity index (χ3v) is 3.63. The fraction of sp³-hybridized carbons (Fsp3) is 0.263. The predicted molar refractivity (Wildman–Crippen MR) is 94.2 cm³/mol. The number of carbonyl (C=O) groups is 2. The fourth-order valence-electron chi connectivity index (χ4n) is 2.38. The van der Waals surface area contributed by atoms with Crippen molar-refractivity contribution in [3.8, 4) is 5.75 Å². The van der Waals surface area contributed by atoms with Crippen molar-refractivity contribution in [3.63, 3.8) is 0 Å². The smallest absolute Gasteiger partial charge is 0.224 e. The molecule has 0 aliphatic heterocycles. The number of nitrogens with one attached hydrogen (secondary N) is 1. The molecule has 0 aliphatic rings. The van der Waals surface area contributed by atoms with Gasteiger partial charge in [0.05, 0.1) is 13.5 Å². The van der Waals surface area contributed by atoms with Crippen molar-refractivity contribution < 1.29 is 14.3 Å². The van der Waals surface area contributed by atoms with Crippen LogP contribution in [0.3, 0.4) is 0 Å². The molecule has 0 saturated heterocycles. The van der Waals surface area contributed by atoms with E-state index in [0.717, 1.165) is 17.0 Å². The normalized spacial score (nSPS) is 10.1. The van der Waals surface area contributed by atoms with E-state index in [1.54, 1.807) is 24.1 Å². The van der Waals surface area contributed by atoms with Gasteiger partial charge in [0, 0.05) is 25.7 Å². The van der Waals surface area contributed by atoms with E-state index in [2.05, 4.69) is 5.32 Å². The molecule has 0 bridgehead atoms. The minimum absolute atomic E-state index is 0.0561. The van der Waals surface area contributed by atoms with Crippen LogP contribution < -0.4 is 15.0 Å². The summed E-state index contributed by atoms with van der Waals surface area (Å²) in [6.45, 7) is 2.33. The Balaban J connectivity index is 1.87. The summed E-state index contributed by atoms with van der Waals surface area (Å²) in [5.41, 5.74) is 1.74. The van der Waals surface area contributed by atoms with Gasteiger partial charge in [0.25, 0.3) is 0 Å². The molecule has 0 spiro atoms. The Hall–Kier alpha value is -2.82. The molecule has 0 heterocycles. The summed E-state index contributed by atoms with van der Waals surface area (Å²) >= 11 is 0. The van der Waals surface area contributed by atoms with Crippen LogP contribution in [0.2, 0.25) is 0 Å². The number of nitrogens with zero attached hydrogens (tertiary/aromatic N) is 1. The van der Waals surface area contributed by atoms with E-state index in [9.17, 15) is 9.59 Å². The number of amides is 2. The molecule has 0 radical (unpaired) electrons. The average Bonchev–Trinajstić information content (AvgIpc) is 2.59. The largest absolute Gasteiger partial charge is 0.497 e. The molecule has 0 unspecified atom stereocenters. The lowest BCUT2D eigenvalue weighted by Crippen LogP contribution is -2.38. The van der Waals surface area contributed by atoms with Gasteiger partial charge in [0.15, 0.2) is 0 Å². The summed E-state index contributed by atoms with van der Waals surface area (Å²) in [4.78, 5) is 25.4. The first-order chi connectivity index (χ1) is 11.6. The standard InChI is InChI=1S/C19H22N2O3/c1-15(22)21(17-8-10-18(24-2)11-9-17)13-12-20-19(23)14-16-6-4-3-5-7-16/h3-11H,12-14H2,1-2H3,(H,20,23). The molecule has 0 atom stereocenters. The third kappa shape index (κ3) is 5.12. The van der Waals surface area contributed by atoms with Crippen LogP contribution in [0.1, 0.15) is 12.5 Å². The van der Waals surface area contributed by atoms with Crippen molar-refractivity contribution in [2.75, 3.05) is 25.1 Å². The quantitative estimate of drug-likeness (QED) is 0.850. The molecular formula is C19H22N2O3. The second kappa shape index (κ2) is 8.72. The van der Waals surface area contributed by atoms with E-state index in [4.69, 9.17) is 4.74 Å². The number of anilines is 1. The number of benzene rings is 2. The Labute approximate surface area is 142 Å². The lowest BCUT2D eigenvalue weighted by atomic mass is 10.1. The zero-order chi connectivity index (χ0) is 17.4. The number of methoxy groups -OCH3 is 1. The highest BCUT2D eigenvalue weighted by molar-refractivity contribution is 5.91. The van der Waals surface area contributed by atoms with Crippen LogP contribution in [0.5, 0.6) is 5.75 Å². The topological polar surface area (TPSA) is 58.6 Å². The van der Waals surface area contributed by atoms with Crippen molar-refractivity contribution in [3.05, 3.63) is 60.2 Å². The minimum Gasteiger partial charge on any atom is -0.497 e. The van der Waals surface area contributed by atoms with Crippen molar-refractivity contribution in [2.45, 2.75) is 13.3 Å². The van der Waals surface area contributed by atoms with E-state index >= 15 is 0 Å². The van der Waals surface area contributed by atoms with E-state index in [1.807, 2.05) is 42.5 Å². The van der Waals surface area contributed by atoms with Gasteiger partial charge >= 0.3 is 0 Å². The zero-order valence-electron chi connectivity index (χ0n) is 14.0. The van der Waals surface area contributed by atoms with Crippen LogP contribution in [0.25, 0.3) is 0 Å². The minimum atomic E-state index is -0.0718. The van der Waals surface area contributed by atoms with Crippen LogP contribution >= 0.6 is 0 Å². The number of hydrogen-bond acceptors (Lipinski definition) is 3. The monoisotopic (exact) mass is 326 g/mol. The lowest BCUT2D eigenvalue weighted by Gasteiger charge is -2.21. The number of hydrogen-bond donors (Lipinski definition) is 1. The van der Waals surface area contributed by atoms with Crippen molar-refractivity contribution in [1.29, 1.82) is 0 Å². The highest BCUT2D eigenvalue weighted by Gasteiger charge is 2.12. The maximum atomic E-state index is 12.0. The molecule has 0 aliphatic carbocycles. The summed E-state index contributed by atoms with van der Waals surface area (Å²) in [6.07, 6.45) is 0.337. The van der Waals surface area contributed by atoms with Gasteiger partial charge in [-0.2, -0.15) is 0 Å². The van der Waals surface area contributed by atoms with Crippen LogP contribution in [0, 0.1) is 0 Å². The molecule has 5 heteroatoms. The maximum Gasteiger partial charge on any atom is 0.224 e. The van der Waals surface area contributed by atoms with Crippen molar-refractivity contribution >= 4 is 17.5 Å². The molecule has 2 amide bonds. The number of rotatable bonds is 7. The van der Waals surface area contributed by atoms with Gasteiger partial charge in [0.2, 0.25) is 11.8 Å². The van der Waals surface area contributed by atoms with Crippen LogP contribution in [0.4, 0.5) is 5.69 Å². The van der Waals surface area contributed by atoms with Gasteiger partial charge in [-0.05, 0) is 29.8 Å². The Bertz CT molecular complexity index is 669. The maximum absolute atomic E-state index is 12.0. The summed E-state index contributed by atoms with van der Waals surface area (Å²) in [5, 5.41) is 2.85. The molecule has 5 nitrogen and oxygen atoms in total. The molecule has 2 aromatic rings. The predicted octanol–water partition coefficient (Wildman–Crippen LogP) is 2.41. The van der Waals surface area contributed by atoms with Gasteiger partial charge in [-0.1, -0.05) is 30.3 Å². The van der Waals surface area contributed by atoms with Gasteiger partial charge in [-0.3, -0.25) is 9.59 Å². The van der Waals surface area contributed by atoms with Crippen LogP contribution in [-0.2, 0) is 16.0 Å². The third-order valence-electron chi connectivity index (χ3n) is 3.63. The molecule has 126 valence electrons. The molecule has 2 rings (SSSR count). The summed E-state index contributed by atoms with van der Waals surface area (Å²) in [5.74, 6) is 0.607. The summed E-state index contributed by atoms with van der Waals surface area (Å²) in [6, 6.07) is 16.8. The van der Waals surface area contributed by atoms with Gasteiger partial charge in [-0.25, -0.2) is 0 Å². The van der Waals surface area contributed by atoms with Crippen LogP contribution in [0.15, 0.2) is 54.6 Å². The second-order valence-corrected chi connectivity index (χ2v) is 5.38. The Morgan fingerprint density at radius 1 is 1.04 bits per heavy atom. The lowest BCUT2D eigenvalue weighted by molar-refractivity contribution is -0.121. The molecule has 2 aromatic carbocycles. The van der Waals surface area contributed by atoms with Crippen molar-refractivity contribution in [2.24, 2.45) is 0 Å². The van der Waals surface area contributed by atoms with E-state index < -0.39 is 0 Å². The summed E-state index contributed by atoms with van der Waals surface area (Å²) in [7, 11) is 1.60. The molecule has 0 aromatic heterocycles. The molecular weight excluding hydrogens is 304 g/mol. The first kappa shape index (κ1) is 17.5. The van der Waals surface area contributed by atoms with E-state index in [-0.39, 0.29) is 11.8 Å². The average molecular weight is 326 g/mol. The Morgan fingerprint density at radius 2 is 1.71 bits per heavy atom. The fourth-order valence-corrected chi connectivity index (χ4v) is 2.38. The first-order valence-electron chi connectivity index (χ1n) is 7.83. The van der Waals surface area contributed by atoms with Gasteiger partial charge in [-0.15, -0.1) is 0 Å². The highest BCUT2D eigenvalue weighted by atomic mass is 16.5. The first-order valence-corrected chi connectivity index (χ1v) is 7.83. The van der Waals surface area contributed by atoms with Gasteiger partial charge in [0.1, 0.15) is 5.75 Å². The van der Waals surface area contributed by atoms with E-state index in [0.29, 0.717) is 19.5 Å². The molecule has 0 saturated carbocycles. The zero-order valence-corrected chi connectivity index (χ0v) is 14.0. The summed E-state index contributed by atoms with van der Waals surface area (Å²) < 4.78 is 5.12. The Morgan fingerprint density at radius 3 is 2.29 bits per heavy atom. The highest BCUT2D eigenvalue weighted by Crippen LogP contribution is 2.19. The number of carbonyl (C=O) groups excluding carboxylic acids is 2. The molecule has 1 N–H and O–H groups in total. The van der Waals surface area contributed by atoms with E-state index in [1.165, 1.54) is 6.92 Å². The SMILES string of the molecule is COc1ccc(N(CCNC(=O)Cc2ccccc2)C(C)=O)cc1. The molecule has 0 fully saturated rings. The number of ether oxygens (including phenoxy) is 1. The molecule has 24 heavy (non-hydrogen) atoms. The van der Waals surface area contributed by atoms with Crippen molar-refractivity contribution in [1.82, 2.24) is 5.32 Å². The van der Waals surface area contributed by atoms with Crippen LogP contribution in [-0.4, -0.2) is 32.0 Å². The van der Waals surface area contributed by atoms with Gasteiger partial charge < -0.3 is 15.0 Å². The second-order valence-electron chi connectivity index (χ2n) is 5.38. The Kier molecular flexibility index (Phi) is 6.37.